The molecule has 0 spiro atoms. The molecule has 0 amide bonds. The molecule has 2 aromatic heterocycles. The SMILES string of the molecule is CN=Cc1cncc(COc2cc(OCc3cccc(-c4cccc(COc5cc(OCc6cncc(C=NC)c6)c(CN6CCC(C(=O)OC)C(O)C6)cc5Cl)c4C)c3C)c(Cl)cc2CN2CCC(C(=O)OC)C(O)C2)c1. The van der Waals surface area contributed by atoms with Crippen LogP contribution < -0.4 is 18.9 Å². The number of aliphatic hydroxyl groups is 2. The summed E-state index contributed by atoms with van der Waals surface area (Å²) in [4.78, 5) is 45.7. The molecule has 0 saturated carbocycles. The molecule has 2 aliphatic heterocycles. The van der Waals surface area contributed by atoms with E-state index in [1.165, 1.54) is 14.2 Å². The summed E-state index contributed by atoms with van der Waals surface area (Å²) in [5.74, 6) is 0.0170. The monoisotopic (exact) mass is 1100 g/mol. The molecule has 18 heteroatoms. The number of pyridine rings is 2. The van der Waals surface area contributed by atoms with Crippen LogP contribution in [0.15, 0.2) is 108 Å². The van der Waals surface area contributed by atoms with Crippen molar-refractivity contribution >= 4 is 47.6 Å². The van der Waals surface area contributed by atoms with Crippen LogP contribution >= 0.6 is 23.2 Å². The van der Waals surface area contributed by atoms with Crippen molar-refractivity contribution in [2.75, 3.05) is 54.5 Å². The van der Waals surface area contributed by atoms with E-state index in [1.54, 1.807) is 51.3 Å². The number of halogens is 2. The van der Waals surface area contributed by atoms with E-state index < -0.39 is 36.0 Å². The fourth-order valence-corrected chi connectivity index (χ4v) is 10.5. The Labute approximate surface area is 465 Å². The zero-order chi connectivity index (χ0) is 55.3. The van der Waals surface area contributed by atoms with Crippen LogP contribution in [-0.2, 0) is 58.6 Å². The standard InChI is InChI=1S/C60H66Cl2N6O10/c1-37-43(35-77-57-21-55(75-33-41-17-39(23-63-3)25-65-27-41)45(19-51(57)61)29-67-15-13-49(53(69)31-67)59(71)73-5)9-7-11-47(37)48-12-8-10-44(38(48)2)36-78-58-22-56(76-34-42-18-40(24-64-4)26-66-28-42)46(20-52(58)62)30-68-16-14-50(54(70)32-68)60(72)74-6/h7-12,17-28,49-50,53-54,69-70H,13-16,29-36H2,1-6H3. The van der Waals surface area contributed by atoms with Gasteiger partial charge in [0.1, 0.15) is 49.4 Å². The molecular weight excluding hydrogens is 1040 g/mol. The minimum atomic E-state index is -0.876. The first-order chi connectivity index (χ1) is 37.7. The Bertz CT molecular complexity index is 2930. The van der Waals surface area contributed by atoms with E-state index in [0.29, 0.717) is 72.1 Å². The number of β-amino-alcohol motifs (C(OH)–C–C–N with tert-alkyl or cyclic N) is 2. The number of benzene rings is 4. The normalized spacial score (nSPS) is 18.0. The molecule has 16 nitrogen and oxygen atoms in total. The van der Waals surface area contributed by atoms with Gasteiger partial charge >= 0.3 is 11.9 Å². The molecule has 4 heterocycles. The van der Waals surface area contributed by atoms with E-state index in [0.717, 1.165) is 66.8 Å². The quantitative estimate of drug-likeness (QED) is 0.0513. The number of methoxy groups -OCH3 is 2. The number of hydrogen-bond donors (Lipinski definition) is 2. The minimum absolute atomic E-state index is 0.218. The number of aliphatic imine (C=N–C) groups is 2. The molecule has 2 saturated heterocycles. The van der Waals surface area contributed by atoms with E-state index in [1.807, 2.05) is 60.7 Å². The molecule has 410 valence electrons. The number of aliphatic hydroxyl groups excluding tert-OH is 2. The second-order valence-electron chi connectivity index (χ2n) is 19.6. The topological polar surface area (TPSA) is 187 Å². The van der Waals surface area contributed by atoms with Gasteiger partial charge in [-0.1, -0.05) is 59.6 Å². The summed E-state index contributed by atoms with van der Waals surface area (Å²) in [7, 11) is 6.08. The highest BCUT2D eigenvalue weighted by Gasteiger charge is 2.35. The molecule has 2 fully saturated rings. The molecule has 8 rings (SSSR count). The van der Waals surface area contributed by atoms with Crippen molar-refractivity contribution < 1.29 is 48.2 Å². The van der Waals surface area contributed by atoms with Gasteiger partial charge in [-0.2, -0.15) is 0 Å². The van der Waals surface area contributed by atoms with E-state index in [2.05, 4.69) is 55.7 Å². The molecule has 2 aliphatic rings. The number of nitrogens with zero attached hydrogens (tertiary/aromatic N) is 6. The van der Waals surface area contributed by atoms with Crippen molar-refractivity contribution in [2.24, 2.45) is 21.8 Å². The van der Waals surface area contributed by atoms with Crippen LogP contribution in [0.5, 0.6) is 23.0 Å². The highest BCUT2D eigenvalue weighted by molar-refractivity contribution is 6.32. The number of carbonyl (C=O) groups is 2. The van der Waals surface area contributed by atoms with Crippen LogP contribution in [-0.4, -0.2) is 121 Å². The van der Waals surface area contributed by atoms with Crippen LogP contribution in [0.4, 0.5) is 0 Å². The molecule has 6 aromatic rings. The number of esters is 2. The van der Waals surface area contributed by atoms with Crippen LogP contribution in [0.25, 0.3) is 11.1 Å². The van der Waals surface area contributed by atoms with Crippen molar-refractivity contribution in [1.82, 2.24) is 19.8 Å². The molecule has 78 heavy (non-hydrogen) atoms. The zero-order valence-electron chi connectivity index (χ0n) is 44.8. The largest absolute Gasteiger partial charge is 0.488 e. The Hall–Kier alpha value is -6.92. The summed E-state index contributed by atoms with van der Waals surface area (Å²) >= 11 is 14.0. The van der Waals surface area contributed by atoms with Crippen LogP contribution in [0.3, 0.4) is 0 Å². The summed E-state index contributed by atoms with van der Waals surface area (Å²) in [6, 6.07) is 23.5. The third kappa shape index (κ3) is 14.4. The first-order valence-corrected chi connectivity index (χ1v) is 26.5. The number of piperidine rings is 2. The molecule has 4 aromatic carbocycles. The third-order valence-electron chi connectivity index (χ3n) is 14.3. The van der Waals surface area contributed by atoms with E-state index in [-0.39, 0.29) is 39.5 Å². The Balaban J connectivity index is 0.990. The van der Waals surface area contributed by atoms with Crippen molar-refractivity contribution in [3.63, 3.8) is 0 Å². The van der Waals surface area contributed by atoms with Crippen molar-refractivity contribution in [2.45, 2.75) is 78.4 Å². The number of likely N-dealkylation sites (tertiary alicyclic amines) is 2. The molecule has 4 unspecified atom stereocenters. The maximum absolute atomic E-state index is 12.3. The summed E-state index contributed by atoms with van der Waals surface area (Å²) in [5, 5.41) is 22.6. The lowest BCUT2D eigenvalue weighted by atomic mass is 9.92. The van der Waals surface area contributed by atoms with Crippen LogP contribution in [0.1, 0.15) is 68.5 Å². The second-order valence-corrected chi connectivity index (χ2v) is 20.4. The number of hydrogen-bond acceptors (Lipinski definition) is 16. The first-order valence-electron chi connectivity index (χ1n) is 25.8. The van der Waals surface area contributed by atoms with Gasteiger partial charge in [0.15, 0.2) is 0 Å². The highest BCUT2D eigenvalue weighted by Crippen LogP contribution is 2.39. The molecular formula is C60H66Cl2N6O10. The minimum Gasteiger partial charge on any atom is -0.488 e. The molecule has 0 radical (unpaired) electrons. The van der Waals surface area contributed by atoms with Gasteiger partial charge in [0.05, 0.1) is 48.3 Å². The number of ether oxygens (including phenoxy) is 6. The lowest BCUT2D eigenvalue weighted by Crippen LogP contribution is -2.46. The van der Waals surface area contributed by atoms with Crippen LogP contribution in [0, 0.1) is 25.7 Å². The van der Waals surface area contributed by atoms with Gasteiger partial charge in [-0.15, -0.1) is 0 Å². The molecule has 0 aliphatic carbocycles. The Morgan fingerprint density at radius 1 is 0.590 bits per heavy atom. The van der Waals surface area contributed by atoms with Gasteiger partial charge in [-0.25, -0.2) is 0 Å². The third-order valence-corrected chi connectivity index (χ3v) is 14.9. The van der Waals surface area contributed by atoms with E-state index in [9.17, 15) is 19.8 Å². The van der Waals surface area contributed by atoms with E-state index in [4.69, 9.17) is 51.6 Å². The molecule has 0 bridgehead atoms. The summed E-state index contributed by atoms with van der Waals surface area (Å²) in [6.45, 7) is 7.55. The Morgan fingerprint density at radius 2 is 1.00 bits per heavy atom. The molecule has 2 N–H and O–H groups in total. The average Bonchev–Trinajstić information content (AvgIpc) is 3.45. The lowest BCUT2D eigenvalue weighted by Gasteiger charge is -2.34. The van der Waals surface area contributed by atoms with Crippen molar-refractivity contribution in [3.8, 4) is 34.1 Å². The number of rotatable bonds is 21. The lowest BCUT2D eigenvalue weighted by molar-refractivity contribution is -0.153. The maximum Gasteiger partial charge on any atom is 0.311 e. The van der Waals surface area contributed by atoms with Crippen molar-refractivity contribution in [1.29, 1.82) is 0 Å². The summed E-state index contributed by atoms with van der Waals surface area (Å²) in [5.41, 5.74) is 11.0. The van der Waals surface area contributed by atoms with Crippen molar-refractivity contribution in [3.05, 3.63) is 163 Å². The van der Waals surface area contributed by atoms with Gasteiger partial charge in [-0.3, -0.25) is 39.3 Å². The summed E-state index contributed by atoms with van der Waals surface area (Å²) in [6.07, 6.45) is 9.58. The smallest absolute Gasteiger partial charge is 0.311 e. The van der Waals surface area contributed by atoms with Crippen LogP contribution in [0.2, 0.25) is 10.0 Å². The number of carbonyl (C=O) groups excluding carboxylic acids is 2. The first kappa shape index (κ1) is 57.3. The Kier molecular flexibility index (Phi) is 19.9. The van der Waals surface area contributed by atoms with Gasteiger partial charge in [-0.05, 0) is 97.4 Å². The van der Waals surface area contributed by atoms with Gasteiger partial charge < -0.3 is 38.6 Å². The number of aromatic nitrogens is 2. The van der Waals surface area contributed by atoms with Gasteiger partial charge in [0, 0.05) is 123 Å². The average molecular weight is 1100 g/mol. The maximum atomic E-state index is 12.3. The second kappa shape index (κ2) is 27.1. The van der Waals surface area contributed by atoms with Gasteiger partial charge in [0.25, 0.3) is 0 Å². The predicted molar refractivity (Wildman–Crippen MR) is 300 cm³/mol. The fraction of sp³-hybridized carbons (Fsp3) is 0.367. The molecule has 4 atom stereocenters. The predicted octanol–water partition coefficient (Wildman–Crippen LogP) is 9.19. The highest BCUT2D eigenvalue weighted by atomic mass is 35.5. The fourth-order valence-electron chi connectivity index (χ4n) is 10.0. The van der Waals surface area contributed by atoms with E-state index >= 15 is 0 Å². The zero-order valence-corrected chi connectivity index (χ0v) is 46.3. The van der Waals surface area contributed by atoms with Gasteiger partial charge in [0.2, 0.25) is 0 Å². The Morgan fingerprint density at radius 3 is 1.38 bits per heavy atom. The summed E-state index contributed by atoms with van der Waals surface area (Å²) < 4.78 is 35.9.